The molecule has 172 valence electrons. The van der Waals surface area contributed by atoms with E-state index in [9.17, 15) is 14.9 Å². The van der Waals surface area contributed by atoms with Crippen LogP contribution in [0.2, 0.25) is 0 Å². The van der Waals surface area contributed by atoms with Gasteiger partial charge >= 0.3 is 0 Å². The molecule has 0 aliphatic carbocycles. The summed E-state index contributed by atoms with van der Waals surface area (Å²) in [6.07, 6.45) is 1.73. The zero-order valence-corrected chi connectivity index (χ0v) is 20.6. The molecule has 0 aromatic heterocycles. The Morgan fingerprint density at radius 3 is 2.61 bits per heavy atom. The van der Waals surface area contributed by atoms with Gasteiger partial charge in [0.2, 0.25) is 11.8 Å². The number of nitriles is 1. The SMILES string of the molecule is CC(C)C1NC2(CCN(C(=O)Cc3ccccc3Br)CC2)N(Cc2cccc(C#N)c2)C1=O. The summed E-state index contributed by atoms with van der Waals surface area (Å²) in [5.41, 5.74) is 2.05. The minimum atomic E-state index is -0.473. The predicted molar refractivity (Wildman–Crippen MR) is 130 cm³/mol. The van der Waals surface area contributed by atoms with E-state index >= 15 is 0 Å². The van der Waals surface area contributed by atoms with Crippen molar-refractivity contribution < 1.29 is 9.59 Å². The summed E-state index contributed by atoms with van der Waals surface area (Å²) >= 11 is 3.53. The highest BCUT2D eigenvalue weighted by molar-refractivity contribution is 9.10. The Bertz CT molecular complexity index is 1090. The lowest BCUT2D eigenvalue weighted by molar-refractivity contribution is -0.137. The van der Waals surface area contributed by atoms with Crippen LogP contribution in [0.5, 0.6) is 0 Å². The summed E-state index contributed by atoms with van der Waals surface area (Å²) in [6, 6.07) is 17.2. The number of piperidine rings is 1. The summed E-state index contributed by atoms with van der Waals surface area (Å²) < 4.78 is 0.945. The molecule has 2 saturated heterocycles. The number of likely N-dealkylation sites (tertiary alicyclic amines) is 1. The van der Waals surface area contributed by atoms with E-state index in [4.69, 9.17) is 0 Å². The molecule has 0 saturated carbocycles. The minimum absolute atomic E-state index is 0.0975. The quantitative estimate of drug-likeness (QED) is 0.665. The van der Waals surface area contributed by atoms with Gasteiger partial charge < -0.3 is 9.80 Å². The first-order chi connectivity index (χ1) is 15.8. The molecule has 33 heavy (non-hydrogen) atoms. The first kappa shape index (κ1) is 23.5. The van der Waals surface area contributed by atoms with Gasteiger partial charge in [-0.05, 0) is 35.2 Å². The summed E-state index contributed by atoms with van der Waals surface area (Å²) in [4.78, 5) is 30.2. The van der Waals surface area contributed by atoms with Crippen LogP contribution in [-0.2, 0) is 22.6 Å². The van der Waals surface area contributed by atoms with Gasteiger partial charge in [0.25, 0.3) is 0 Å². The van der Waals surface area contributed by atoms with E-state index in [2.05, 4.69) is 41.2 Å². The van der Waals surface area contributed by atoms with Crippen molar-refractivity contribution in [1.29, 1.82) is 5.26 Å². The van der Waals surface area contributed by atoms with E-state index in [-0.39, 0.29) is 23.8 Å². The molecule has 2 aliphatic rings. The second kappa shape index (κ2) is 9.66. The maximum atomic E-state index is 13.4. The van der Waals surface area contributed by atoms with Crippen LogP contribution in [0.4, 0.5) is 0 Å². The van der Waals surface area contributed by atoms with Crippen LogP contribution in [0.1, 0.15) is 43.4 Å². The van der Waals surface area contributed by atoms with Gasteiger partial charge in [0, 0.05) is 36.9 Å². The molecule has 6 nitrogen and oxygen atoms in total. The van der Waals surface area contributed by atoms with Crippen molar-refractivity contribution in [2.75, 3.05) is 13.1 Å². The third kappa shape index (κ3) is 4.83. The monoisotopic (exact) mass is 508 g/mol. The molecule has 0 bridgehead atoms. The van der Waals surface area contributed by atoms with Crippen molar-refractivity contribution in [1.82, 2.24) is 15.1 Å². The molecule has 7 heteroatoms. The van der Waals surface area contributed by atoms with Gasteiger partial charge in [-0.25, -0.2) is 0 Å². The molecule has 2 fully saturated rings. The van der Waals surface area contributed by atoms with Crippen LogP contribution in [0.25, 0.3) is 0 Å². The van der Waals surface area contributed by atoms with Crippen LogP contribution in [-0.4, -0.2) is 46.4 Å². The first-order valence-electron chi connectivity index (χ1n) is 11.4. The third-order valence-corrected chi connectivity index (χ3v) is 7.55. The van der Waals surface area contributed by atoms with E-state index < -0.39 is 5.66 Å². The number of nitrogens with zero attached hydrogens (tertiary/aromatic N) is 3. The average Bonchev–Trinajstić information content (AvgIpc) is 3.07. The zero-order chi connectivity index (χ0) is 23.6. The highest BCUT2D eigenvalue weighted by Crippen LogP contribution is 2.36. The lowest BCUT2D eigenvalue weighted by atomic mass is 9.94. The van der Waals surface area contributed by atoms with Gasteiger partial charge in [-0.3, -0.25) is 14.9 Å². The van der Waals surface area contributed by atoms with Gasteiger partial charge in [0.1, 0.15) is 0 Å². The number of hydrogen-bond acceptors (Lipinski definition) is 4. The lowest BCUT2D eigenvalue weighted by Crippen LogP contribution is -2.59. The van der Waals surface area contributed by atoms with E-state index in [1.807, 2.05) is 52.3 Å². The topological polar surface area (TPSA) is 76.4 Å². The molecule has 1 atom stereocenters. The Kier molecular flexibility index (Phi) is 6.87. The van der Waals surface area contributed by atoms with E-state index in [0.29, 0.717) is 44.5 Å². The maximum absolute atomic E-state index is 13.4. The van der Waals surface area contributed by atoms with Crippen LogP contribution in [0.15, 0.2) is 53.0 Å². The maximum Gasteiger partial charge on any atom is 0.241 e. The number of carbonyl (C=O) groups excluding carboxylic acids is 2. The molecule has 2 aromatic rings. The Labute approximate surface area is 203 Å². The Balaban J connectivity index is 1.50. The fourth-order valence-corrected chi connectivity index (χ4v) is 5.29. The van der Waals surface area contributed by atoms with Crippen LogP contribution in [0.3, 0.4) is 0 Å². The molecule has 1 N–H and O–H groups in total. The molecule has 2 aromatic carbocycles. The summed E-state index contributed by atoms with van der Waals surface area (Å²) in [5.74, 6) is 0.370. The number of hydrogen-bond donors (Lipinski definition) is 1. The number of nitrogens with one attached hydrogen (secondary N) is 1. The van der Waals surface area contributed by atoms with E-state index in [1.165, 1.54) is 0 Å². The van der Waals surface area contributed by atoms with Crippen LogP contribution >= 0.6 is 15.9 Å². The molecule has 4 rings (SSSR count). The number of rotatable bonds is 5. The highest BCUT2D eigenvalue weighted by atomic mass is 79.9. The van der Waals surface area contributed by atoms with Crippen LogP contribution in [0, 0.1) is 17.2 Å². The van der Waals surface area contributed by atoms with Crippen molar-refractivity contribution in [2.24, 2.45) is 5.92 Å². The predicted octanol–water partition coefficient (Wildman–Crippen LogP) is 3.84. The van der Waals surface area contributed by atoms with Gasteiger partial charge in [0.15, 0.2) is 0 Å². The van der Waals surface area contributed by atoms with Gasteiger partial charge in [0.05, 0.1) is 29.8 Å². The Morgan fingerprint density at radius 1 is 1.21 bits per heavy atom. The minimum Gasteiger partial charge on any atom is -0.342 e. The number of carbonyl (C=O) groups is 2. The van der Waals surface area contributed by atoms with Crippen LogP contribution < -0.4 is 5.32 Å². The molecular weight excluding hydrogens is 480 g/mol. The molecule has 1 spiro atoms. The van der Waals surface area contributed by atoms with Crippen molar-refractivity contribution in [3.63, 3.8) is 0 Å². The van der Waals surface area contributed by atoms with Gasteiger partial charge in [-0.1, -0.05) is 60.1 Å². The van der Waals surface area contributed by atoms with E-state index in [0.717, 1.165) is 15.6 Å². The molecule has 0 radical (unpaired) electrons. The highest BCUT2D eigenvalue weighted by Gasteiger charge is 2.52. The average molecular weight is 509 g/mol. The van der Waals surface area contributed by atoms with Gasteiger partial charge in [-0.15, -0.1) is 0 Å². The Morgan fingerprint density at radius 2 is 1.94 bits per heavy atom. The lowest BCUT2D eigenvalue weighted by Gasteiger charge is -2.45. The standard InChI is InChI=1S/C26H29BrN4O2/c1-18(2)24-25(33)31(17-20-7-5-6-19(14-20)16-28)26(29-24)10-12-30(13-11-26)23(32)15-21-8-3-4-9-22(21)27/h3-9,14,18,24,29H,10-13,15,17H2,1-2H3. The molecule has 1 unspecified atom stereocenters. The van der Waals surface area contributed by atoms with Gasteiger partial charge in [-0.2, -0.15) is 5.26 Å². The molecule has 2 amide bonds. The van der Waals surface area contributed by atoms with Crippen molar-refractivity contribution in [3.8, 4) is 6.07 Å². The summed E-state index contributed by atoms with van der Waals surface area (Å²) in [5, 5.41) is 12.9. The van der Waals surface area contributed by atoms with Crippen molar-refractivity contribution >= 4 is 27.7 Å². The molecule has 2 aliphatic heterocycles. The number of halogens is 1. The summed E-state index contributed by atoms with van der Waals surface area (Å²) in [6.45, 7) is 5.76. The smallest absolute Gasteiger partial charge is 0.241 e. The normalized spacial score (nSPS) is 19.8. The second-order valence-electron chi connectivity index (χ2n) is 9.28. The van der Waals surface area contributed by atoms with E-state index in [1.54, 1.807) is 6.07 Å². The fourth-order valence-electron chi connectivity index (χ4n) is 4.87. The second-order valence-corrected chi connectivity index (χ2v) is 10.1. The summed E-state index contributed by atoms with van der Waals surface area (Å²) in [7, 11) is 0. The fraction of sp³-hybridized carbons (Fsp3) is 0.423. The first-order valence-corrected chi connectivity index (χ1v) is 12.2. The number of amides is 2. The molecular formula is C26H29BrN4O2. The molecule has 2 heterocycles. The number of benzene rings is 2. The van der Waals surface area contributed by atoms with Crippen molar-refractivity contribution in [2.45, 2.75) is 51.4 Å². The third-order valence-electron chi connectivity index (χ3n) is 6.78. The largest absolute Gasteiger partial charge is 0.342 e. The zero-order valence-electron chi connectivity index (χ0n) is 19.1. The van der Waals surface area contributed by atoms with Crippen molar-refractivity contribution in [3.05, 3.63) is 69.7 Å². The Hall–Kier alpha value is -2.69.